The lowest BCUT2D eigenvalue weighted by atomic mass is 9.61. The Hall–Kier alpha value is -2.61. The smallest absolute Gasteiger partial charge is 0.224 e. The van der Waals surface area contributed by atoms with E-state index in [1.54, 1.807) is 0 Å². The molecule has 2 aromatic carbocycles. The van der Waals surface area contributed by atoms with Gasteiger partial charge in [0.1, 0.15) is 17.9 Å². The number of hydrogen-bond donors (Lipinski definition) is 0. The molecule has 2 nitrogen and oxygen atoms in total. The van der Waals surface area contributed by atoms with Gasteiger partial charge in [0, 0.05) is 5.41 Å². The summed E-state index contributed by atoms with van der Waals surface area (Å²) in [6.07, 6.45) is 8.91. The van der Waals surface area contributed by atoms with Crippen molar-refractivity contribution in [3.63, 3.8) is 0 Å². The molecule has 2 atom stereocenters. The van der Waals surface area contributed by atoms with Crippen molar-refractivity contribution in [1.82, 2.24) is 4.40 Å². The minimum Gasteiger partial charge on any atom is -0.224 e. The van der Waals surface area contributed by atoms with Crippen LogP contribution in [0.2, 0.25) is 0 Å². The number of aromatic nitrogens is 2. The molecule has 4 aromatic rings. The largest absolute Gasteiger partial charge is 0.294 e. The predicted octanol–water partition coefficient (Wildman–Crippen LogP) is 5.85. The lowest BCUT2D eigenvalue weighted by Gasteiger charge is -2.46. The molecule has 0 saturated heterocycles. The number of benzene rings is 2. The van der Waals surface area contributed by atoms with Crippen molar-refractivity contribution >= 4 is 16.4 Å². The third-order valence-corrected chi connectivity index (χ3v) is 7.47. The first-order chi connectivity index (χ1) is 13.0. The second-order valence-electron chi connectivity index (χ2n) is 8.38. The summed E-state index contributed by atoms with van der Waals surface area (Å²) in [4.78, 5) is 0. The molecule has 1 aliphatic rings. The quantitative estimate of drug-likeness (QED) is 0.407. The highest BCUT2D eigenvalue weighted by Gasteiger charge is 2.53. The second kappa shape index (κ2) is 5.45. The highest BCUT2D eigenvalue weighted by Crippen LogP contribution is 2.49. The maximum Gasteiger partial charge on any atom is 0.294 e. The van der Waals surface area contributed by atoms with Crippen molar-refractivity contribution < 1.29 is 4.57 Å². The fourth-order valence-electron chi connectivity index (χ4n) is 5.30. The molecule has 27 heavy (non-hydrogen) atoms. The Kier molecular flexibility index (Phi) is 3.34. The lowest BCUT2D eigenvalue weighted by Crippen LogP contribution is -2.65. The van der Waals surface area contributed by atoms with E-state index in [9.17, 15) is 0 Å². The van der Waals surface area contributed by atoms with Gasteiger partial charge in [-0.2, -0.15) is 0 Å². The summed E-state index contributed by atoms with van der Waals surface area (Å²) in [5.41, 5.74) is 5.56. The molecule has 2 aromatic heterocycles. The molecule has 2 unspecified atom stereocenters. The Labute approximate surface area is 161 Å². The topological polar surface area (TPSA) is 8.29 Å². The first-order valence-electron chi connectivity index (χ1n) is 10.1. The van der Waals surface area contributed by atoms with E-state index in [0.717, 1.165) is 12.8 Å². The third kappa shape index (κ3) is 1.93. The molecule has 0 aliphatic carbocycles. The Morgan fingerprint density at radius 2 is 1.67 bits per heavy atom. The maximum atomic E-state index is 2.54. The fourth-order valence-corrected chi connectivity index (χ4v) is 5.30. The van der Waals surface area contributed by atoms with Gasteiger partial charge in [0.15, 0.2) is 0 Å². The van der Waals surface area contributed by atoms with Gasteiger partial charge >= 0.3 is 0 Å². The summed E-state index contributed by atoms with van der Waals surface area (Å²) < 4.78 is 4.82. The van der Waals surface area contributed by atoms with Crippen molar-refractivity contribution in [2.75, 3.05) is 0 Å². The van der Waals surface area contributed by atoms with Crippen LogP contribution in [-0.4, -0.2) is 4.40 Å². The van der Waals surface area contributed by atoms with Gasteiger partial charge in [-0.05, 0) is 60.0 Å². The molecule has 0 radical (unpaired) electrons. The molecule has 1 aliphatic heterocycles. The Morgan fingerprint density at radius 3 is 2.37 bits per heavy atom. The van der Waals surface area contributed by atoms with Gasteiger partial charge in [-0.15, -0.1) is 0 Å². The molecule has 2 heteroatoms. The number of hydrogen-bond acceptors (Lipinski definition) is 0. The average molecular weight is 356 g/mol. The van der Waals surface area contributed by atoms with Crippen LogP contribution in [0.15, 0.2) is 67.1 Å². The van der Waals surface area contributed by atoms with Gasteiger partial charge < -0.3 is 0 Å². The summed E-state index contributed by atoms with van der Waals surface area (Å²) in [6, 6.07) is 17.9. The summed E-state index contributed by atoms with van der Waals surface area (Å²) in [6.45, 7) is 9.58. The van der Waals surface area contributed by atoms with Crippen LogP contribution in [0.25, 0.3) is 27.5 Å². The normalized spacial score (nSPS) is 24.1. The number of nitrogens with zero attached hydrogens (tertiary/aromatic N) is 2. The maximum absolute atomic E-state index is 2.54. The monoisotopic (exact) mass is 355 g/mol. The lowest BCUT2D eigenvalue weighted by molar-refractivity contribution is -0.750. The van der Waals surface area contributed by atoms with Crippen molar-refractivity contribution in [3.8, 4) is 11.1 Å². The third-order valence-electron chi connectivity index (χ3n) is 7.47. The van der Waals surface area contributed by atoms with Gasteiger partial charge in [-0.1, -0.05) is 51.1 Å². The number of imidazole rings is 1. The van der Waals surface area contributed by atoms with Crippen LogP contribution in [0.3, 0.4) is 0 Å². The van der Waals surface area contributed by atoms with Crippen molar-refractivity contribution in [3.05, 3.63) is 72.7 Å². The zero-order valence-electron chi connectivity index (χ0n) is 16.7. The molecule has 5 rings (SSSR count). The predicted molar refractivity (Wildman–Crippen MR) is 112 cm³/mol. The van der Waals surface area contributed by atoms with E-state index in [1.165, 1.54) is 33.1 Å². The van der Waals surface area contributed by atoms with Crippen LogP contribution >= 0.6 is 0 Å². The zero-order chi connectivity index (χ0) is 18.8. The minimum absolute atomic E-state index is 0.0487. The number of pyridine rings is 1. The molecule has 136 valence electrons. The van der Waals surface area contributed by atoms with Gasteiger partial charge in [0.2, 0.25) is 0 Å². The van der Waals surface area contributed by atoms with E-state index in [-0.39, 0.29) is 11.0 Å². The van der Waals surface area contributed by atoms with Crippen molar-refractivity contribution in [2.24, 2.45) is 0 Å². The van der Waals surface area contributed by atoms with E-state index >= 15 is 0 Å². The molecule has 0 N–H and O–H groups in total. The van der Waals surface area contributed by atoms with Crippen molar-refractivity contribution in [1.29, 1.82) is 0 Å². The molecule has 0 amide bonds. The highest BCUT2D eigenvalue weighted by molar-refractivity contribution is 5.99. The summed E-state index contributed by atoms with van der Waals surface area (Å²) >= 11 is 0. The Morgan fingerprint density at radius 1 is 0.889 bits per heavy atom. The summed E-state index contributed by atoms with van der Waals surface area (Å²) in [5.74, 6) is 0. The molecule has 0 bridgehead atoms. The average Bonchev–Trinajstić information content (AvgIpc) is 3.16. The van der Waals surface area contributed by atoms with Crippen molar-refractivity contribution in [2.45, 2.75) is 51.5 Å². The first-order valence-corrected chi connectivity index (χ1v) is 10.1. The summed E-state index contributed by atoms with van der Waals surface area (Å²) in [7, 11) is 0. The van der Waals surface area contributed by atoms with Gasteiger partial charge in [-0.3, -0.25) is 0 Å². The Bertz CT molecular complexity index is 1170. The summed E-state index contributed by atoms with van der Waals surface area (Å²) in [5, 5.41) is 2.75. The van der Waals surface area contributed by atoms with Gasteiger partial charge in [0.05, 0.1) is 11.6 Å². The standard InChI is InChI=1S/C25H27N2/c1-5-24(3)21-17-20(18-10-8-7-9-11-18)16-19-12-13-26-14-15-27(23(26)22(19)21)25(24,4)6-2/h7-17H,5-6H2,1-4H3/q+1. The molecular formula is C25H27N2+. The van der Waals surface area contributed by atoms with Crippen LogP contribution in [0.1, 0.15) is 46.1 Å². The van der Waals surface area contributed by atoms with Crippen LogP contribution < -0.4 is 4.57 Å². The van der Waals surface area contributed by atoms with E-state index < -0.39 is 0 Å². The zero-order valence-corrected chi connectivity index (χ0v) is 16.7. The van der Waals surface area contributed by atoms with Crippen LogP contribution in [0.5, 0.6) is 0 Å². The molecule has 3 heterocycles. The van der Waals surface area contributed by atoms with Crippen LogP contribution in [-0.2, 0) is 11.0 Å². The van der Waals surface area contributed by atoms with Gasteiger partial charge in [-0.25, -0.2) is 8.97 Å². The minimum atomic E-state index is 0.0487. The SMILES string of the molecule is CCC1(C)c2cc(-c3ccccc3)cc3ccn4cc[n+](c4c23)C1(C)CC. The van der Waals surface area contributed by atoms with E-state index in [0.29, 0.717) is 0 Å². The van der Waals surface area contributed by atoms with E-state index in [4.69, 9.17) is 0 Å². The molecular weight excluding hydrogens is 328 g/mol. The van der Waals surface area contributed by atoms with Crippen LogP contribution in [0, 0.1) is 0 Å². The van der Waals surface area contributed by atoms with Gasteiger partial charge in [0.25, 0.3) is 5.65 Å². The highest BCUT2D eigenvalue weighted by atomic mass is 15.2. The van der Waals surface area contributed by atoms with E-state index in [2.05, 4.69) is 104 Å². The van der Waals surface area contributed by atoms with Crippen LogP contribution in [0.4, 0.5) is 0 Å². The fraction of sp³-hybridized carbons (Fsp3) is 0.320. The number of rotatable bonds is 3. The second-order valence-corrected chi connectivity index (χ2v) is 8.38. The molecule has 0 saturated carbocycles. The van der Waals surface area contributed by atoms with E-state index in [1.807, 2.05) is 0 Å². The Balaban J connectivity index is 1.97. The molecule has 0 spiro atoms. The first kappa shape index (κ1) is 16.6. The molecule has 0 fully saturated rings.